The molecule has 1 aromatic carbocycles. The highest BCUT2D eigenvalue weighted by Gasteiger charge is 2.26. The van der Waals surface area contributed by atoms with Crippen LogP contribution in [0.2, 0.25) is 0 Å². The van der Waals surface area contributed by atoms with E-state index in [0.29, 0.717) is 5.56 Å². The number of ketones is 1. The number of phenolic OH excluding ortho intramolecular Hbond substituents is 2. The Hall–Kier alpha value is -3.13. The predicted octanol–water partition coefficient (Wildman–Crippen LogP) is 2.53. The topological polar surface area (TPSA) is 139 Å². The summed E-state index contributed by atoms with van der Waals surface area (Å²) in [5.74, 6) is -1.38. The van der Waals surface area contributed by atoms with E-state index < -0.39 is 11.7 Å². The lowest BCUT2D eigenvalue weighted by Crippen LogP contribution is -2.14. The van der Waals surface area contributed by atoms with Gasteiger partial charge in [0, 0.05) is 12.5 Å². The number of aromatic nitrogens is 1. The highest BCUT2D eigenvalue weighted by molar-refractivity contribution is 6.09. The zero-order valence-corrected chi connectivity index (χ0v) is 14.6. The van der Waals surface area contributed by atoms with Crippen molar-refractivity contribution in [3.63, 3.8) is 0 Å². The highest BCUT2D eigenvalue weighted by Crippen LogP contribution is 2.41. The van der Waals surface area contributed by atoms with Crippen molar-refractivity contribution >= 4 is 17.4 Å². The number of Topliss-reactive ketones (excluding diaryl/α,β-unsaturated/α-hetero) is 1. The molecule has 5 N–H and O–H groups in total. The lowest BCUT2D eigenvalue weighted by molar-refractivity contribution is -0.111. The maximum absolute atomic E-state index is 12.2. The molecule has 138 valence electrons. The van der Waals surface area contributed by atoms with Crippen LogP contribution >= 0.6 is 0 Å². The number of aromatic hydroxyl groups is 2. The minimum Gasteiger partial charge on any atom is -0.508 e. The van der Waals surface area contributed by atoms with Crippen molar-refractivity contribution in [3.05, 3.63) is 36.0 Å². The maximum Gasteiger partial charge on any atom is 0.247 e. The van der Waals surface area contributed by atoms with Crippen LogP contribution in [0.25, 0.3) is 11.3 Å². The summed E-state index contributed by atoms with van der Waals surface area (Å²) in [4.78, 5) is 24.0. The van der Waals surface area contributed by atoms with E-state index >= 15 is 0 Å². The average Bonchev–Trinajstić information content (AvgIpc) is 2.98. The molecule has 0 saturated carbocycles. The van der Waals surface area contributed by atoms with Crippen molar-refractivity contribution in [1.29, 1.82) is 0 Å². The Morgan fingerprint density at radius 1 is 1.35 bits per heavy atom. The Kier molecular flexibility index (Phi) is 5.78. The zero-order valence-electron chi connectivity index (χ0n) is 14.6. The molecular weight excluding hydrogens is 338 g/mol. The Labute approximate surface area is 150 Å². The Balaban J connectivity index is 2.66. The fraction of sp³-hybridized carbons (Fsp3) is 0.278. The molecule has 0 unspecified atom stereocenters. The number of phenols is 2. The number of carbonyl (C=O) groups excluding carboxylic acids is 2. The SMILES string of the molecule is C=CC(=O)Nc1c(C(=O)CCN)noc1-c1cc(C(C)C)c(O)cc1O. The lowest BCUT2D eigenvalue weighted by atomic mass is 9.97. The fourth-order valence-corrected chi connectivity index (χ4v) is 2.44. The second-order valence-electron chi connectivity index (χ2n) is 5.97. The molecule has 1 amide bonds. The minimum absolute atomic E-state index is 0.0000265. The summed E-state index contributed by atoms with van der Waals surface area (Å²) in [6.45, 7) is 7.22. The standard InChI is InChI=1S/C18H21N3O5/c1-4-15(25)20-17-16(12(22)5-6-19)21-26-18(17)11-7-10(9(2)3)13(23)8-14(11)24/h4,7-9,23-24H,1,5-6,19H2,2-3H3,(H,20,25). The molecule has 1 aromatic heterocycles. The van der Waals surface area contributed by atoms with Crippen LogP contribution < -0.4 is 11.1 Å². The van der Waals surface area contributed by atoms with E-state index in [4.69, 9.17) is 10.3 Å². The molecule has 0 fully saturated rings. The smallest absolute Gasteiger partial charge is 0.247 e. The van der Waals surface area contributed by atoms with Gasteiger partial charge < -0.3 is 25.8 Å². The van der Waals surface area contributed by atoms with E-state index in [9.17, 15) is 19.8 Å². The van der Waals surface area contributed by atoms with Crippen molar-refractivity contribution < 1.29 is 24.3 Å². The summed E-state index contributed by atoms with van der Waals surface area (Å²) in [5.41, 5.74) is 6.07. The Morgan fingerprint density at radius 3 is 2.62 bits per heavy atom. The van der Waals surface area contributed by atoms with Crippen LogP contribution in [-0.2, 0) is 4.79 Å². The van der Waals surface area contributed by atoms with Gasteiger partial charge in [-0.3, -0.25) is 9.59 Å². The Morgan fingerprint density at radius 2 is 2.04 bits per heavy atom. The molecule has 2 aromatic rings. The average molecular weight is 359 g/mol. The van der Waals surface area contributed by atoms with E-state index in [0.717, 1.165) is 6.08 Å². The van der Waals surface area contributed by atoms with Gasteiger partial charge in [-0.2, -0.15) is 0 Å². The summed E-state index contributed by atoms with van der Waals surface area (Å²) in [7, 11) is 0. The first-order chi connectivity index (χ1) is 12.3. The van der Waals surface area contributed by atoms with Crippen LogP contribution in [-0.4, -0.2) is 33.6 Å². The van der Waals surface area contributed by atoms with Crippen LogP contribution in [0.1, 0.15) is 42.2 Å². The predicted molar refractivity (Wildman–Crippen MR) is 96.2 cm³/mol. The number of amides is 1. The van der Waals surface area contributed by atoms with Gasteiger partial charge in [0.25, 0.3) is 0 Å². The third kappa shape index (κ3) is 3.75. The first-order valence-corrected chi connectivity index (χ1v) is 8.02. The summed E-state index contributed by atoms with van der Waals surface area (Å²) >= 11 is 0. The zero-order chi connectivity index (χ0) is 19.4. The monoisotopic (exact) mass is 359 g/mol. The number of nitrogens with zero attached hydrogens (tertiary/aromatic N) is 1. The van der Waals surface area contributed by atoms with Gasteiger partial charge in [0.2, 0.25) is 5.91 Å². The molecule has 8 heteroatoms. The van der Waals surface area contributed by atoms with Crippen molar-refractivity contribution in [2.45, 2.75) is 26.2 Å². The van der Waals surface area contributed by atoms with Crippen LogP contribution in [0.3, 0.4) is 0 Å². The number of carbonyl (C=O) groups is 2. The summed E-state index contributed by atoms with van der Waals surface area (Å²) in [6, 6.07) is 2.70. The van der Waals surface area contributed by atoms with Gasteiger partial charge in [0.05, 0.1) is 5.56 Å². The van der Waals surface area contributed by atoms with Crippen molar-refractivity contribution in [2.75, 3.05) is 11.9 Å². The second kappa shape index (κ2) is 7.83. The molecule has 0 atom stereocenters. The normalized spacial score (nSPS) is 10.8. The first kappa shape index (κ1) is 19.2. The van der Waals surface area contributed by atoms with Crippen molar-refractivity contribution in [2.24, 2.45) is 5.73 Å². The van der Waals surface area contributed by atoms with Gasteiger partial charge in [-0.05, 0) is 30.2 Å². The van der Waals surface area contributed by atoms with Gasteiger partial charge in [0.15, 0.2) is 17.2 Å². The molecule has 2 rings (SSSR count). The maximum atomic E-state index is 12.2. The molecule has 0 aliphatic carbocycles. The minimum atomic E-state index is -0.571. The number of benzene rings is 1. The fourth-order valence-electron chi connectivity index (χ4n) is 2.44. The molecule has 26 heavy (non-hydrogen) atoms. The van der Waals surface area contributed by atoms with Crippen molar-refractivity contribution in [3.8, 4) is 22.8 Å². The molecule has 0 radical (unpaired) electrons. The lowest BCUT2D eigenvalue weighted by Gasteiger charge is -2.12. The van der Waals surface area contributed by atoms with Gasteiger partial charge in [-0.25, -0.2) is 0 Å². The number of hydrogen-bond donors (Lipinski definition) is 4. The molecule has 0 aliphatic heterocycles. The highest BCUT2D eigenvalue weighted by atomic mass is 16.5. The third-order valence-corrected chi connectivity index (χ3v) is 3.77. The molecular formula is C18H21N3O5. The first-order valence-electron chi connectivity index (χ1n) is 8.02. The summed E-state index contributed by atoms with van der Waals surface area (Å²) in [6.07, 6.45) is 1.05. The van der Waals surface area contributed by atoms with E-state index in [-0.39, 0.29) is 53.1 Å². The van der Waals surface area contributed by atoms with Crippen LogP contribution in [0.15, 0.2) is 29.3 Å². The molecule has 0 spiro atoms. The largest absolute Gasteiger partial charge is 0.508 e. The molecule has 0 aliphatic rings. The van der Waals surface area contributed by atoms with E-state index in [2.05, 4.69) is 17.1 Å². The molecule has 8 nitrogen and oxygen atoms in total. The van der Waals surface area contributed by atoms with E-state index in [1.807, 2.05) is 13.8 Å². The number of hydrogen-bond acceptors (Lipinski definition) is 7. The summed E-state index contributed by atoms with van der Waals surface area (Å²) in [5, 5.41) is 26.4. The Bertz CT molecular complexity index is 855. The van der Waals surface area contributed by atoms with Crippen LogP contribution in [0.4, 0.5) is 5.69 Å². The van der Waals surface area contributed by atoms with Crippen LogP contribution in [0.5, 0.6) is 11.5 Å². The third-order valence-electron chi connectivity index (χ3n) is 3.77. The molecule has 1 heterocycles. The molecule has 0 saturated heterocycles. The second-order valence-corrected chi connectivity index (χ2v) is 5.97. The summed E-state index contributed by atoms with van der Waals surface area (Å²) < 4.78 is 5.25. The number of anilines is 1. The van der Waals surface area contributed by atoms with Gasteiger partial charge in [-0.15, -0.1) is 0 Å². The number of nitrogens with one attached hydrogen (secondary N) is 1. The van der Waals surface area contributed by atoms with E-state index in [1.165, 1.54) is 12.1 Å². The number of nitrogens with two attached hydrogens (primary N) is 1. The van der Waals surface area contributed by atoms with Gasteiger partial charge in [0.1, 0.15) is 17.2 Å². The van der Waals surface area contributed by atoms with E-state index in [1.54, 1.807) is 0 Å². The quantitative estimate of drug-likeness (QED) is 0.440. The number of rotatable bonds is 7. The van der Waals surface area contributed by atoms with Gasteiger partial charge >= 0.3 is 0 Å². The molecule has 0 bridgehead atoms. The van der Waals surface area contributed by atoms with Gasteiger partial charge in [-0.1, -0.05) is 25.6 Å². The van der Waals surface area contributed by atoms with Crippen molar-refractivity contribution in [1.82, 2.24) is 5.16 Å². The van der Waals surface area contributed by atoms with Crippen LogP contribution in [0, 0.1) is 0 Å².